The zero-order valence-corrected chi connectivity index (χ0v) is 6.67. The van der Waals surface area contributed by atoms with Crippen LogP contribution in [0.5, 0.6) is 0 Å². The summed E-state index contributed by atoms with van der Waals surface area (Å²) in [6.07, 6.45) is 4.53. The second-order valence-corrected chi connectivity index (χ2v) is 4.83. The summed E-state index contributed by atoms with van der Waals surface area (Å²) in [6, 6.07) is 0. The predicted molar refractivity (Wildman–Crippen MR) is 36.1 cm³/mol. The van der Waals surface area contributed by atoms with Gasteiger partial charge in [0, 0.05) is 10.8 Å². The average Bonchev–Trinajstić information content (AvgIpc) is 2.60. The van der Waals surface area contributed by atoms with Gasteiger partial charge in [-0.15, -0.1) is 0 Å². The highest BCUT2D eigenvalue weighted by Gasteiger charge is 2.96. The van der Waals surface area contributed by atoms with Crippen LogP contribution in [0.25, 0.3) is 0 Å². The van der Waals surface area contributed by atoms with Gasteiger partial charge in [-0.25, -0.2) is 4.39 Å². The number of halogens is 2. The van der Waals surface area contributed by atoms with E-state index in [0.29, 0.717) is 0 Å². The maximum absolute atomic E-state index is 13.4. The molecule has 3 aliphatic carbocycles. The predicted octanol–water partition coefficient (Wildman–Crippen LogP) is 2.62. The summed E-state index contributed by atoms with van der Waals surface area (Å²) in [6.45, 7) is 0. The second kappa shape index (κ2) is 0.919. The van der Waals surface area contributed by atoms with Gasteiger partial charge in [0.1, 0.15) is 0 Å². The number of rotatable bonds is 0. The molecule has 0 saturated heterocycles. The van der Waals surface area contributed by atoms with Gasteiger partial charge in [-0.05, 0) is 41.6 Å². The van der Waals surface area contributed by atoms with E-state index in [1.54, 1.807) is 0 Å². The molecule has 0 aliphatic heterocycles. The highest BCUT2D eigenvalue weighted by Crippen LogP contribution is 2.97. The third kappa shape index (κ3) is 0.276. The lowest BCUT2D eigenvalue weighted by Gasteiger charge is -1.88. The molecular formula is C7H8BrF. The molecule has 0 nitrogen and oxygen atoms in total. The Bertz CT molecular complexity index is 158. The van der Waals surface area contributed by atoms with Crippen molar-refractivity contribution in [3.63, 3.8) is 0 Å². The van der Waals surface area contributed by atoms with E-state index in [-0.39, 0.29) is 10.8 Å². The van der Waals surface area contributed by atoms with Crippen LogP contribution in [0.15, 0.2) is 0 Å². The Balaban J connectivity index is 2.11. The average molecular weight is 191 g/mol. The first-order valence-electron chi connectivity index (χ1n) is 3.54. The van der Waals surface area contributed by atoms with Gasteiger partial charge in [0.2, 0.25) is 0 Å². The van der Waals surface area contributed by atoms with Crippen LogP contribution in [0, 0.1) is 10.8 Å². The number of alkyl halides is 2. The summed E-state index contributed by atoms with van der Waals surface area (Å²) >= 11 is 3.19. The molecule has 3 fully saturated rings. The van der Waals surface area contributed by atoms with Crippen molar-refractivity contribution in [2.24, 2.45) is 10.8 Å². The largest absolute Gasteiger partial charge is 0.230 e. The van der Waals surface area contributed by atoms with Gasteiger partial charge in [0.05, 0.1) is 0 Å². The molecule has 2 heteroatoms. The lowest BCUT2D eigenvalue weighted by molar-refractivity contribution is 0.390. The minimum absolute atomic E-state index is 0.153. The number of fused-ring (bicyclic) bond motifs is 1. The summed E-state index contributed by atoms with van der Waals surface area (Å²) in [5.74, 6) is 0. The molecule has 0 aromatic heterocycles. The first kappa shape index (κ1) is 5.11. The van der Waals surface area contributed by atoms with Gasteiger partial charge in [-0.2, -0.15) is 0 Å². The van der Waals surface area contributed by atoms with Crippen LogP contribution in [0.4, 0.5) is 4.39 Å². The summed E-state index contributed by atoms with van der Waals surface area (Å²) < 4.78 is 12.5. The monoisotopic (exact) mass is 190 g/mol. The molecule has 0 radical (unpaired) electrons. The lowest BCUT2D eigenvalue weighted by Crippen LogP contribution is -1.89. The molecule has 2 spiro atoms. The Labute approximate surface area is 61.9 Å². The third-order valence-electron chi connectivity index (χ3n) is 3.56. The Hall–Kier alpha value is 0.410. The van der Waals surface area contributed by atoms with Crippen molar-refractivity contribution < 1.29 is 4.39 Å². The molecule has 50 valence electrons. The number of hydrogen-bond donors (Lipinski definition) is 0. The minimum Gasteiger partial charge on any atom is -0.230 e. The molecule has 0 bridgehead atoms. The van der Waals surface area contributed by atoms with Gasteiger partial charge < -0.3 is 0 Å². The molecule has 9 heavy (non-hydrogen) atoms. The van der Waals surface area contributed by atoms with Crippen molar-refractivity contribution in [3.8, 4) is 0 Å². The maximum atomic E-state index is 13.4. The van der Waals surface area contributed by atoms with Gasteiger partial charge >= 0.3 is 0 Å². The highest BCUT2D eigenvalue weighted by atomic mass is 79.9. The van der Waals surface area contributed by atoms with Crippen molar-refractivity contribution >= 4 is 15.9 Å². The standard InChI is InChI=1S/C7H8BrF/c8-7(9)5(1-2-5)6(7)3-4-6/h1-4H2. The van der Waals surface area contributed by atoms with Crippen molar-refractivity contribution in [1.29, 1.82) is 0 Å². The third-order valence-corrected chi connectivity index (χ3v) is 5.07. The van der Waals surface area contributed by atoms with Crippen LogP contribution >= 0.6 is 15.9 Å². The molecule has 0 aromatic carbocycles. The van der Waals surface area contributed by atoms with Crippen molar-refractivity contribution in [3.05, 3.63) is 0 Å². The van der Waals surface area contributed by atoms with E-state index in [2.05, 4.69) is 15.9 Å². The molecule has 0 unspecified atom stereocenters. The Morgan fingerprint density at radius 1 is 1.00 bits per heavy atom. The fourth-order valence-corrected chi connectivity index (χ4v) is 4.03. The van der Waals surface area contributed by atoms with Gasteiger partial charge in [-0.3, -0.25) is 0 Å². The van der Waals surface area contributed by atoms with Gasteiger partial charge in [-0.1, -0.05) is 0 Å². The molecule has 3 aliphatic rings. The smallest absolute Gasteiger partial charge is 0.177 e. The quantitative estimate of drug-likeness (QED) is 0.516. The summed E-state index contributed by atoms with van der Waals surface area (Å²) in [4.78, 5) is 0. The maximum Gasteiger partial charge on any atom is 0.177 e. The molecule has 3 saturated carbocycles. The zero-order chi connectivity index (χ0) is 6.33. The first-order valence-corrected chi connectivity index (χ1v) is 4.34. The molecule has 0 N–H and O–H groups in total. The van der Waals surface area contributed by atoms with Crippen molar-refractivity contribution in [1.82, 2.24) is 0 Å². The summed E-state index contributed by atoms with van der Waals surface area (Å²) in [7, 11) is 0. The molecular weight excluding hydrogens is 183 g/mol. The van der Waals surface area contributed by atoms with Crippen LogP contribution in [0.1, 0.15) is 25.7 Å². The normalized spacial score (nSPS) is 54.0. The molecule has 0 aromatic rings. The fraction of sp³-hybridized carbons (Fsp3) is 1.00. The van der Waals surface area contributed by atoms with Gasteiger partial charge in [0.25, 0.3) is 0 Å². The molecule has 0 amide bonds. The fourth-order valence-electron chi connectivity index (χ4n) is 2.58. The van der Waals surface area contributed by atoms with E-state index in [1.165, 1.54) is 0 Å². The zero-order valence-electron chi connectivity index (χ0n) is 5.08. The summed E-state index contributed by atoms with van der Waals surface area (Å²) in [5, 5.41) is 0. The van der Waals surface area contributed by atoms with Crippen LogP contribution in [0.2, 0.25) is 0 Å². The van der Waals surface area contributed by atoms with E-state index in [0.717, 1.165) is 25.7 Å². The van der Waals surface area contributed by atoms with Crippen molar-refractivity contribution in [2.45, 2.75) is 30.3 Å². The lowest BCUT2D eigenvalue weighted by atomic mass is 10.3. The highest BCUT2D eigenvalue weighted by molar-refractivity contribution is 9.10. The van der Waals surface area contributed by atoms with E-state index in [1.807, 2.05) is 0 Å². The van der Waals surface area contributed by atoms with Crippen molar-refractivity contribution in [2.75, 3.05) is 0 Å². The molecule has 0 atom stereocenters. The van der Waals surface area contributed by atoms with E-state index >= 15 is 0 Å². The summed E-state index contributed by atoms with van der Waals surface area (Å²) in [5.41, 5.74) is 0.306. The van der Waals surface area contributed by atoms with E-state index < -0.39 is 4.58 Å². The Morgan fingerprint density at radius 3 is 1.44 bits per heavy atom. The first-order chi connectivity index (χ1) is 4.16. The molecule has 0 heterocycles. The van der Waals surface area contributed by atoms with Crippen LogP contribution < -0.4 is 0 Å². The second-order valence-electron chi connectivity index (χ2n) is 3.74. The number of hydrogen-bond acceptors (Lipinski definition) is 0. The Kier molecular flexibility index (Phi) is 0.522. The van der Waals surface area contributed by atoms with Crippen LogP contribution in [-0.4, -0.2) is 4.58 Å². The van der Waals surface area contributed by atoms with E-state index in [9.17, 15) is 4.39 Å². The topological polar surface area (TPSA) is 0 Å². The van der Waals surface area contributed by atoms with Gasteiger partial charge in [0.15, 0.2) is 4.58 Å². The Morgan fingerprint density at radius 2 is 1.33 bits per heavy atom. The van der Waals surface area contributed by atoms with Crippen LogP contribution in [-0.2, 0) is 0 Å². The van der Waals surface area contributed by atoms with Crippen LogP contribution in [0.3, 0.4) is 0 Å². The minimum atomic E-state index is -0.924. The van der Waals surface area contributed by atoms with E-state index in [4.69, 9.17) is 0 Å². The molecule has 3 rings (SSSR count). The SMILES string of the molecule is FC1(Br)C2(CC2)C12CC2.